The van der Waals surface area contributed by atoms with Crippen molar-refractivity contribution in [3.05, 3.63) is 28.3 Å². The molecule has 27 heavy (non-hydrogen) atoms. The van der Waals surface area contributed by atoms with Crippen molar-refractivity contribution in [3.8, 4) is 0 Å². The Morgan fingerprint density at radius 3 is 2.44 bits per heavy atom. The van der Waals surface area contributed by atoms with Gasteiger partial charge in [0.2, 0.25) is 5.91 Å². The highest BCUT2D eigenvalue weighted by Crippen LogP contribution is 2.30. The lowest BCUT2D eigenvalue weighted by Crippen LogP contribution is -2.50. The van der Waals surface area contributed by atoms with E-state index in [4.69, 9.17) is 11.6 Å². The fraction of sp³-hybridized carbons (Fsp3) is 0.650. The van der Waals surface area contributed by atoms with Gasteiger partial charge in [-0.1, -0.05) is 36.9 Å². The van der Waals surface area contributed by atoms with Gasteiger partial charge in [-0.25, -0.2) is 8.42 Å². The Morgan fingerprint density at radius 2 is 1.85 bits per heavy atom. The van der Waals surface area contributed by atoms with E-state index in [-0.39, 0.29) is 36.0 Å². The maximum atomic E-state index is 13.1. The molecule has 1 N–H and O–H groups in total. The highest BCUT2D eigenvalue weighted by molar-refractivity contribution is 7.91. The zero-order valence-electron chi connectivity index (χ0n) is 16.1. The molecule has 3 rings (SSSR count). The maximum absolute atomic E-state index is 13.1. The van der Waals surface area contributed by atoms with E-state index < -0.39 is 9.84 Å². The van der Waals surface area contributed by atoms with Crippen LogP contribution in [0.3, 0.4) is 0 Å². The summed E-state index contributed by atoms with van der Waals surface area (Å²) < 4.78 is 24.0. The van der Waals surface area contributed by atoms with Crippen molar-refractivity contribution in [1.29, 1.82) is 0 Å². The van der Waals surface area contributed by atoms with Crippen LogP contribution >= 0.6 is 11.6 Å². The van der Waals surface area contributed by atoms with Gasteiger partial charge in [0.15, 0.2) is 9.84 Å². The molecule has 7 heteroatoms. The minimum absolute atomic E-state index is 0.0277. The Bertz CT molecular complexity index is 780. The van der Waals surface area contributed by atoms with Crippen LogP contribution in [0.1, 0.15) is 49.7 Å². The fourth-order valence-corrected chi connectivity index (χ4v) is 6.55. The number of nitrogens with one attached hydrogen (secondary N) is 1. The van der Waals surface area contributed by atoms with E-state index in [2.05, 4.69) is 5.32 Å². The zero-order chi connectivity index (χ0) is 19.6. The molecule has 1 heterocycles. The van der Waals surface area contributed by atoms with Crippen molar-refractivity contribution in [1.82, 2.24) is 4.90 Å². The van der Waals surface area contributed by atoms with Crippen LogP contribution in [-0.2, 0) is 14.6 Å². The summed E-state index contributed by atoms with van der Waals surface area (Å²) in [4.78, 5) is 15.0. The topological polar surface area (TPSA) is 66.5 Å². The van der Waals surface area contributed by atoms with Crippen LogP contribution in [0.15, 0.2) is 12.1 Å². The van der Waals surface area contributed by atoms with Gasteiger partial charge in [0.25, 0.3) is 0 Å². The molecule has 0 radical (unpaired) electrons. The maximum Gasteiger partial charge on any atom is 0.242 e. The van der Waals surface area contributed by atoms with Crippen molar-refractivity contribution >= 4 is 33.0 Å². The fourth-order valence-electron chi connectivity index (χ4n) is 4.45. The van der Waals surface area contributed by atoms with Gasteiger partial charge in [0.1, 0.15) is 0 Å². The summed E-state index contributed by atoms with van der Waals surface area (Å²) in [6.07, 6.45) is 5.88. The summed E-state index contributed by atoms with van der Waals surface area (Å²) in [7, 11) is -3.03. The van der Waals surface area contributed by atoms with Crippen molar-refractivity contribution in [3.63, 3.8) is 0 Å². The lowest BCUT2D eigenvalue weighted by Gasteiger charge is -2.38. The second-order valence-corrected chi connectivity index (χ2v) is 10.6. The number of carbonyl (C=O) groups is 1. The second-order valence-electron chi connectivity index (χ2n) is 7.94. The number of anilines is 1. The van der Waals surface area contributed by atoms with Crippen LogP contribution in [0.5, 0.6) is 0 Å². The first-order chi connectivity index (χ1) is 12.8. The number of carbonyl (C=O) groups excluding carboxylic acids is 1. The predicted octanol–water partition coefficient (Wildman–Crippen LogP) is 3.72. The minimum atomic E-state index is -3.03. The summed E-state index contributed by atoms with van der Waals surface area (Å²) in [6, 6.07) is 3.87. The normalized spacial score (nSPS) is 22.6. The average Bonchev–Trinajstić information content (AvgIpc) is 2.94. The molecule has 1 saturated carbocycles. The molecule has 0 spiro atoms. The molecule has 1 amide bonds. The van der Waals surface area contributed by atoms with E-state index >= 15 is 0 Å². The molecule has 1 aromatic rings. The monoisotopic (exact) mass is 412 g/mol. The summed E-state index contributed by atoms with van der Waals surface area (Å²) in [6.45, 7) is 4.09. The van der Waals surface area contributed by atoms with E-state index in [0.29, 0.717) is 11.4 Å². The average molecular weight is 413 g/mol. The summed E-state index contributed by atoms with van der Waals surface area (Å²) >= 11 is 6.34. The Kier molecular flexibility index (Phi) is 6.36. The van der Waals surface area contributed by atoms with Gasteiger partial charge in [-0.15, -0.1) is 0 Å². The van der Waals surface area contributed by atoms with Crippen molar-refractivity contribution in [2.75, 3.05) is 23.4 Å². The predicted molar refractivity (Wildman–Crippen MR) is 110 cm³/mol. The second kappa shape index (κ2) is 8.39. The number of amides is 1. The number of rotatable bonds is 5. The van der Waals surface area contributed by atoms with E-state index in [1.807, 2.05) is 30.9 Å². The Balaban J connectivity index is 1.75. The molecule has 0 bridgehead atoms. The van der Waals surface area contributed by atoms with Crippen LogP contribution in [0.2, 0.25) is 5.02 Å². The summed E-state index contributed by atoms with van der Waals surface area (Å²) in [5.41, 5.74) is 2.85. The molecule has 2 fully saturated rings. The molecule has 1 unspecified atom stereocenters. The number of nitrogens with zero attached hydrogens (tertiary/aromatic N) is 1. The van der Waals surface area contributed by atoms with Crippen LogP contribution in [0, 0.1) is 13.8 Å². The lowest BCUT2D eigenvalue weighted by atomic mass is 9.93. The number of halogens is 1. The molecule has 2 aliphatic rings. The number of hydrogen-bond donors (Lipinski definition) is 1. The first-order valence-electron chi connectivity index (χ1n) is 9.79. The standard InChI is InChI=1S/C20H29ClN2O3S/c1-14-10-15(2)20(18(21)11-14)22-12-19(24)23(16-6-4-3-5-7-16)17-8-9-27(25,26)13-17/h10-11,16-17,22H,3-9,12-13H2,1-2H3. The highest BCUT2D eigenvalue weighted by atomic mass is 35.5. The molecular formula is C20H29ClN2O3S. The van der Waals surface area contributed by atoms with Crippen LogP contribution in [-0.4, -0.2) is 49.4 Å². The van der Waals surface area contributed by atoms with Gasteiger partial charge in [-0.05, 0) is 50.3 Å². The van der Waals surface area contributed by atoms with Gasteiger partial charge in [0, 0.05) is 12.1 Å². The Morgan fingerprint density at radius 1 is 1.15 bits per heavy atom. The van der Waals surface area contributed by atoms with Crippen molar-refractivity contribution in [2.24, 2.45) is 0 Å². The van der Waals surface area contributed by atoms with Crippen LogP contribution in [0.4, 0.5) is 5.69 Å². The number of benzene rings is 1. The largest absolute Gasteiger partial charge is 0.375 e. The minimum Gasteiger partial charge on any atom is -0.375 e. The molecular weight excluding hydrogens is 384 g/mol. The number of sulfone groups is 1. The van der Waals surface area contributed by atoms with E-state index in [1.54, 1.807) is 0 Å². The third-order valence-electron chi connectivity index (χ3n) is 5.71. The van der Waals surface area contributed by atoms with E-state index in [0.717, 1.165) is 42.5 Å². The van der Waals surface area contributed by atoms with Gasteiger partial charge in [-0.2, -0.15) is 0 Å². The van der Waals surface area contributed by atoms with Crippen LogP contribution < -0.4 is 5.32 Å². The highest BCUT2D eigenvalue weighted by Gasteiger charge is 2.38. The van der Waals surface area contributed by atoms with Gasteiger partial charge in [0.05, 0.1) is 28.8 Å². The third kappa shape index (κ3) is 4.96. The molecule has 150 valence electrons. The quantitative estimate of drug-likeness (QED) is 0.800. The summed E-state index contributed by atoms with van der Waals surface area (Å²) in [5.74, 6) is 0.254. The van der Waals surface area contributed by atoms with Gasteiger partial charge >= 0.3 is 0 Å². The molecule has 1 aliphatic carbocycles. The Labute approximate surface area is 167 Å². The van der Waals surface area contributed by atoms with E-state index in [9.17, 15) is 13.2 Å². The number of hydrogen-bond acceptors (Lipinski definition) is 4. The van der Waals surface area contributed by atoms with Gasteiger partial charge in [-0.3, -0.25) is 4.79 Å². The smallest absolute Gasteiger partial charge is 0.242 e. The first kappa shape index (κ1) is 20.5. The van der Waals surface area contributed by atoms with Crippen LogP contribution in [0.25, 0.3) is 0 Å². The van der Waals surface area contributed by atoms with Gasteiger partial charge < -0.3 is 10.2 Å². The van der Waals surface area contributed by atoms with Crippen molar-refractivity contribution in [2.45, 2.75) is 64.5 Å². The molecule has 1 aliphatic heterocycles. The van der Waals surface area contributed by atoms with E-state index in [1.165, 1.54) is 6.42 Å². The summed E-state index contributed by atoms with van der Waals surface area (Å²) in [5, 5.41) is 3.80. The third-order valence-corrected chi connectivity index (χ3v) is 7.75. The van der Waals surface area contributed by atoms with Crippen molar-refractivity contribution < 1.29 is 13.2 Å². The number of aryl methyl sites for hydroxylation is 2. The molecule has 1 atom stereocenters. The molecule has 0 aromatic heterocycles. The SMILES string of the molecule is Cc1cc(C)c(NCC(=O)N(C2CCCCC2)C2CCS(=O)(=O)C2)c(Cl)c1. The molecule has 1 saturated heterocycles. The molecule has 1 aromatic carbocycles. The molecule has 5 nitrogen and oxygen atoms in total. The Hall–Kier alpha value is -1.27. The first-order valence-corrected chi connectivity index (χ1v) is 12.0. The lowest BCUT2D eigenvalue weighted by molar-refractivity contribution is -0.134. The zero-order valence-corrected chi connectivity index (χ0v) is 17.7.